The highest BCUT2D eigenvalue weighted by Crippen LogP contribution is 2.31. The third-order valence-corrected chi connectivity index (χ3v) is 3.88. The molecule has 0 unspecified atom stereocenters. The number of nitrogens with one attached hydrogen (secondary N) is 1. The molecule has 0 saturated heterocycles. The Morgan fingerprint density at radius 2 is 1.71 bits per heavy atom. The van der Waals surface area contributed by atoms with Crippen molar-refractivity contribution >= 4 is 5.91 Å². The van der Waals surface area contributed by atoms with Crippen LogP contribution in [0.3, 0.4) is 0 Å². The third kappa shape index (κ3) is 4.85. The first-order chi connectivity index (χ1) is 11.3. The molecule has 0 fully saturated rings. The van der Waals surface area contributed by atoms with Crippen LogP contribution in [0.5, 0.6) is 0 Å². The average molecular weight is 335 g/mol. The van der Waals surface area contributed by atoms with E-state index in [1.54, 1.807) is 13.0 Å². The maximum atomic E-state index is 12.8. The van der Waals surface area contributed by atoms with Crippen molar-refractivity contribution in [2.75, 3.05) is 0 Å². The van der Waals surface area contributed by atoms with Crippen molar-refractivity contribution in [1.29, 1.82) is 0 Å². The summed E-state index contributed by atoms with van der Waals surface area (Å²) >= 11 is 0. The van der Waals surface area contributed by atoms with Crippen LogP contribution in [-0.4, -0.2) is 11.9 Å². The zero-order valence-electron chi connectivity index (χ0n) is 13.6. The fourth-order valence-electron chi connectivity index (χ4n) is 2.52. The Morgan fingerprint density at radius 1 is 1.04 bits per heavy atom. The number of carbonyl (C=O) groups excluding carboxylic acids is 1. The summed E-state index contributed by atoms with van der Waals surface area (Å²) in [7, 11) is 0. The molecular weight excluding hydrogens is 315 g/mol. The number of halogens is 3. The molecule has 0 spiro atoms. The van der Waals surface area contributed by atoms with Crippen LogP contribution >= 0.6 is 0 Å². The van der Waals surface area contributed by atoms with E-state index in [0.717, 1.165) is 17.7 Å². The van der Waals surface area contributed by atoms with Crippen LogP contribution in [0.15, 0.2) is 54.6 Å². The van der Waals surface area contributed by atoms with Crippen LogP contribution in [0, 0.1) is 0 Å². The largest absolute Gasteiger partial charge is 0.416 e. The molecule has 1 N–H and O–H groups in total. The fourth-order valence-corrected chi connectivity index (χ4v) is 2.52. The Morgan fingerprint density at radius 3 is 2.33 bits per heavy atom. The van der Waals surface area contributed by atoms with E-state index in [9.17, 15) is 18.0 Å². The summed E-state index contributed by atoms with van der Waals surface area (Å²) in [6.45, 7) is 3.49. The van der Waals surface area contributed by atoms with Crippen molar-refractivity contribution < 1.29 is 18.0 Å². The Kier molecular flexibility index (Phi) is 5.65. The Bertz CT molecular complexity index is 683. The lowest BCUT2D eigenvalue weighted by molar-refractivity contribution is -0.137. The lowest BCUT2D eigenvalue weighted by Crippen LogP contribution is -2.36. The van der Waals surface area contributed by atoms with Gasteiger partial charge in [-0.1, -0.05) is 48.5 Å². The van der Waals surface area contributed by atoms with Gasteiger partial charge in [-0.2, -0.15) is 13.2 Å². The van der Waals surface area contributed by atoms with Crippen molar-refractivity contribution in [3.8, 4) is 0 Å². The Hall–Kier alpha value is -2.30. The molecule has 2 atom stereocenters. The minimum atomic E-state index is -4.41. The number of rotatable bonds is 5. The second-order valence-corrected chi connectivity index (χ2v) is 5.94. The van der Waals surface area contributed by atoms with Gasteiger partial charge in [-0.25, -0.2) is 0 Å². The summed E-state index contributed by atoms with van der Waals surface area (Å²) in [5.74, 6) is -0.928. The molecule has 0 aromatic heterocycles. The molecule has 24 heavy (non-hydrogen) atoms. The van der Waals surface area contributed by atoms with Gasteiger partial charge in [0.05, 0.1) is 11.5 Å². The van der Waals surface area contributed by atoms with Gasteiger partial charge in [0.25, 0.3) is 0 Å². The highest BCUT2D eigenvalue weighted by molar-refractivity contribution is 5.83. The number of carbonyl (C=O) groups is 1. The van der Waals surface area contributed by atoms with Crippen molar-refractivity contribution in [3.05, 3.63) is 71.3 Å². The molecule has 0 aliphatic heterocycles. The maximum absolute atomic E-state index is 12.8. The number of hydrogen-bond donors (Lipinski definition) is 1. The SMILES string of the molecule is C[C@H](Cc1ccccc1)NC(=O)[C@H](C)c1cccc(C(F)(F)F)c1. The highest BCUT2D eigenvalue weighted by atomic mass is 19.4. The van der Waals surface area contributed by atoms with Gasteiger partial charge in [0, 0.05) is 6.04 Å². The quantitative estimate of drug-likeness (QED) is 0.853. The van der Waals surface area contributed by atoms with Gasteiger partial charge in [-0.15, -0.1) is 0 Å². The predicted octanol–water partition coefficient (Wildman–Crippen LogP) is 4.56. The molecule has 5 heteroatoms. The van der Waals surface area contributed by atoms with E-state index in [0.29, 0.717) is 12.0 Å². The van der Waals surface area contributed by atoms with E-state index in [1.165, 1.54) is 6.07 Å². The first-order valence-electron chi connectivity index (χ1n) is 7.79. The van der Waals surface area contributed by atoms with Crippen LogP contribution < -0.4 is 5.32 Å². The van der Waals surface area contributed by atoms with E-state index in [2.05, 4.69) is 5.32 Å². The van der Waals surface area contributed by atoms with Crippen molar-refractivity contribution in [1.82, 2.24) is 5.32 Å². The molecule has 0 heterocycles. The van der Waals surface area contributed by atoms with E-state index in [4.69, 9.17) is 0 Å². The van der Waals surface area contributed by atoms with Crippen LogP contribution in [0.2, 0.25) is 0 Å². The second kappa shape index (κ2) is 7.51. The minimum absolute atomic E-state index is 0.104. The van der Waals surface area contributed by atoms with Crippen LogP contribution in [0.25, 0.3) is 0 Å². The first kappa shape index (κ1) is 18.0. The molecule has 1 amide bonds. The predicted molar refractivity (Wildman–Crippen MR) is 87.6 cm³/mol. The van der Waals surface area contributed by atoms with Crippen molar-refractivity contribution in [2.24, 2.45) is 0 Å². The second-order valence-electron chi connectivity index (χ2n) is 5.94. The molecule has 128 valence electrons. The normalized spacial score (nSPS) is 14.0. The van der Waals surface area contributed by atoms with E-state index in [-0.39, 0.29) is 11.9 Å². The zero-order chi connectivity index (χ0) is 17.7. The molecule has 0 aliphatic carbocycles. The molecule has 2 rings (SSSR count). The number of amides is 1. The average Bonchev–Trinajstić information content (AvgIpc) is 2.54. The number of hydrogen-bond acceptors (Lipinski definition) is 1. The van der Waals surface area contributed by atoms with E-state index < -0.39 is 17.7 Å². The first-order valence-corrected chi connectivity index (χ1v) is 7.79. The molecule has 2 aromatic rings. The van der Waals surface area contributed by atoms with Crippen molar-refractivity contribution in [3.63, 3.8) is 0 Å². The number of benzene rings is 2. The Labute approximate surface area is 139 Å². The summed E-state index contributed by atoms with van der Waals surface area (Å²) in [6.07, 6.45) is -3.74. The Balaban J connectivity index is 2.01. The molecule has 2 aromatic carbocycles. The van der Waals surface area contributed by atoms with Gasteiger partial charge in [0.2, 0.25) is 5.91 Å². The van der Waals surface area contributed by atoms with Gasteiger partial charge in [0.1, 0.15) is 0 Å². The molecule has 0 saturated carbocycles. The molecule has 0 aliphatic rings. The van der Waals surface area contributed by atoms with Crippen LogP contribution in [0.4, 0.5) is 13.2 Å². The third-order valence-electron chi connectivity index (χ3n) is 3.88. The topological polar surface area (TPSA) is 29.1 Å². The van der Waals surface area contributed by atoms with E-state index in [1.807, 2.05) is 37.3 Å². The smallest absolute Gasteiger partial charge is 0.353 e. The lowest BCUT2D eigenvalue weighted by atomic mass is 9.97. The van der Waals surface area contributed by atoms with Gasteiger partial charge < -0.3 is 5.32 Å². The summed E-state index contributed by atoms with van der Waals surface area (Å²) in [4.78, 5) is 12.3. The molecular formula is C19H20F3NO. The summed E-state index contributed by atoms with van der Waals surface area (Å²) in [5, 5.41) is 2.86. The van der Waals surface area contributed by atoms with Crippen LogP contribution in [-0.2, 0) is 17.4 Å². The van der Waals surface area contributed by atoms with Gasteiger partial charge >= 0.3 is 6.18 Å². The van der Waals surface area contributed by atoms with Gasteiger partial charge in [-0.05, 0) is 37.5 Å². The monoisotopic (exact) mass is 335 g/mol. The van der Waals surface area contributed by atoms with Gasteiger partial charge in [-0.3, -0.25) is 4.79 Å². The lowest BCUT2D eigenvalue weighted by Gasteiger charge is -2.19. The fraction of sp³-hybridized carbons (Fsp3) is 0.316. The number of alkyl halides is 3. The summed E-state index contributed by atoms with van der Waals surface area (Å²) < 4.78 is 38.4. The standard InChI is InChI=1S/C19H20F3NO/c1-13(11-15-7-4-3-5-8-15)23-18(24)14(2)16-9-6-10-17(12-16)19(20,21)22/h3-10,12-14H,11H2,1-2H3,(H,23,24)/t13-,14-/m1/s1. The molecule has 2 nitrogen and oxygen atoms in total. The van der Waals surface area contributed by atoms with E-state index >= 15 is 0 Å². The summed E-state index contributed by atoms with van der Waals surface area (Å²) in [5.41, 5.74) is 0.711. The summed E-state index contributed by atoms with van der Waals surface area (Å²) in [6, 6.07) is 14.5. The van der Waals surface area contributed by atoms with Crippen molar-refractivity contribution in [2.45, 2.75) is 38.4 Å². The molecule has 0 radical (unpaired) electrons. The maximum Gasteiger partial charge on any atom is 0.416 e. The van der Waals surface area contributed by atoms with Crippen LogP contribution in [0.1, 0.15) is 36.5 Å². The zero-order valence-corrected chi connectivity index (χ0v) is 13.6. The minimum Gasteiger partial charge on any atom is -0.353 e. The molecule has 0 bridgehead atoms. The van der Waals surface area contributed by atoms with Gasteiger partial charge in [0.15, 0.2) is 0 Å². The highest BCUT2D eigenvalue weighted by Gasteiger charge is 2.31.